The molecule has 3 aromatic carbocycles. The second-order valence-electron chi connectivity index (χ2n) is 8.50. The van der Waals surface area contributed by atoms with Crippen LogP contribution in [-0.2, 0) is 17.6 Å². The van der Waals surface area contributed by atoms with E-state index in [0.29, 0.717) is 6.54 Å². The fraction of sp³-hybridized carbons (Fsp3) is 0.179. The van der Waals surface area contributed by atoms with Crippen molar-refractivity contribution in [2.45, 2.75) is 25.0 Å². The minimum absolute atomic E-state index is 0.0164. The molecule has 2 atom stereocenters. The summed E-state index contributed by atoms with van der Waals surface area (Å²) in [6, 6.07) is 26.4. The van der Waals surface area contributed by atoms with Crippen LogP contribution >= 0.6 is 0 Å². The molecule has 2 aliphatic rings. The van der Waals surface area contributed by atoms with E-state index >= 15 is 0 Å². The van der Waals surface area contributed by atoms with Gasteiger partial charge in [-0.3, -0.25) is 4.79 Å². The van der Waals surface area contributed by atoms with Crippen molar-refractivity contribution in [2.75, 3.05) is 6.54 Å². The molecular weight excluding hydrogens is 396 g/mol. The average molecular weight is 421 g/mol. The van der Waals surface area contributed by atoms with E-state index in [2.05, 4.69) is 29.2 Å². The van der Waals surface area contributed by atoms with Crippen LogP contribution in [0.3, 0.4) is 0 Å². The molecular formula is C28H24N2O2. The van der Waals surface area contributed by atoms with Gasteiger partial charge in [-0.2, -0.15) is 0 Å². The minimum atomic E-state index is -0.161. The molecule has 1 aromatic heterocycles. The Kier molecular flexibility index (Phi) is 4.57. The molecule has 0 bridgehead atoms. The first-order chi connectivity index (χ1) is 15.8. The van der Waals surface area contributed by atoms with Gasteiger partial charge in [-0.25, -0.2) is 0 Å². The van der Waals surface area contributed by atoms with Crippen LogP contribution in [0.15, 0.2) is 84.9 Å². The van der Waals surface area contributed by atoms with Crippen LogP contribution in [0.25, 0.3) is 17.0 Å². The Labute approximate surface area is 187 Å². The van der Waals surface area contributed by atoms with Gasteiger partial charge in [0.1, 0.15) is 17.9 Å². The first-order valence-corrected chi connectivity index (χ1v) is 11.2. The summed E-state index contributed by atoms with van der Waals surface area (Å²) in [4.78, 5) is 19.0. The third-order valence-electron chi connectivity index (χ3n) is 6.61. The van der Waals surface area contributed by atoms with Crippen LogP contribution < -0.4 is 4.74 Å². The van der Waals surface area contributed by atoms with E-state index < -0.39 is 0 Å². The predicted molar refractivity (Wildman–Crippen MR) is 126 cm³/mol. The van der Waals surface area contributed by atoms with E-state index in [0.717, 1.165) is 35.4 Å². The van der Waals surface area contributed by atoms with E-state index in [1.165, 1.54) is 16.5 Å². The van der Waals surface area contributed by atoms with Gasteiger partial charge in [0.05, 0.1) is 0 Å². The van der Waals surface area contributed by atoms with Gasteiger partial charge in [0.15, 0.2) is 0 Å². The van der Waals surface area contributed by atoms with E-state index in [1.807, 2.05) is 65.6 Å². The molecule has 1 N–H and O–H groups in total. The summed E-state index contributed by atoms with van der Waals surface area (Å²) in [6.45, 7) is 0.674. The van der Waals surface area contributed by atoms with Crippen molar-refractivity contribution < 1.29 is 9.53 Å². The highest BCUT2D eigenvalue weighted by Gasteiger charge is 2.41. The maximum absolute atomic E-state index is 13.4. The lowest BCUT2D eigenvalue weighted by atomic mass is 9.91. The van der Waals surface area contributed by atoms with Crippen LogP contribution in [0.5, 0.6) is 5.75 Å². The summed E-state index contributed by atoms with van der Waals surface area (Å²) in [6.07, 6.45) is 5.10. The van der Waals surface area contributed by atoms with E-state index in [9.17, 15) is 4.79 Å². The Morgan fingerprint density at radius 3 is 2.62 bits per heavy atom. The third-order valence-corrected chi connectivity index (χ3v) is 6.61. The Balaban J connectivity index is 1.39. The number of aromatic nitrogens is 1. The standard InChI is InChI=1S/C28H24N2O2/c31-26(15-14-19-8-2-1-3-9-19)30-17-16-22-21-11-5-6-12-23(21)29-27(22)28(30)25-18-20-10-4-7-13-24(20)32-25/h1-15,25,28-29H,16-18H2/t25-,28?/m1/s1. The minimum Gasteiger partial charge on any atom is -0.487 e. The molecule has 4 nitrogen and oxygen atoms in total. The second kappa shape index (κ2) is 7.72. The van der Waals surface area contributed by atoms with Gasteiger partial charge < -0.3 is 14.6 Å². The van der Waals surface area contributed by atoms with Gasteiger partial charge in [-0.05, 0) is 41.3 Å². The quantitative estimate of drug-likeness (QED) is 0.457. The molecule has 6 rings (SSSR count). The molecule has 4 aromatic rings. The van der Waals surface area contributed by atoms with Gasteiger partial charge >= 0.3 is 0 Å². The summed E-state index contributed by atoms with van der Waals surface area (Å²) < 4.78 is 6.40. The van der Waals surface area contributed by atoms with E-state index in [-0.39, 0.29) is 18.1 Å². The molecule has 3 heterocycles. The fourth-order valence-electron chi connectivity index (χ4n) is 5.12. The number of fused-ring (bicyclic) bond motifs is 4. The summed E-state index contributed by atoms with van der Waals surface area (Å²) in [7, 11) is 0. The molecule has 2 aliphatic heterocycles. The molecule has 0 saturated heterocycles. The molecule has 0 aliphatic carbocycles. The average Bonchev–Trinajstić information content (AvgIpc) is 3.44. The number of hydrogen-bond donors (Lipinski definition) is 1. The van der Waals surface area contributed by atoms with Crippen molar-refractivity contribution in [2.24, 2.45) is 0 Å². The van der Waals surface area contributed by atoms with Crippen molar-refractivity contribution in [1.29, 1.82) is 0 Å². The monoisotopic (exact) mass is 420 g/mol. The number of carbonyl (C=O) groups excluding carboxylic acids is 1. The van der Waals surface area contributed by atoms with Gasteiger partial charge in [0.2, 0.25) is 5.91 Å². The number of benzene rings is 3. The lowest BCUT2D eigenvalue weighted by molar-refractivity contribution is -0.131. The smallest absolute Gasteiger partial charge is 0.247 e. The van der Waals surface area contributed by atoms with E-state index in [4.69, 9.17) is 4.74 Å². The van der Waals surface area contributed by atoms with Crippen molar-refractivity contribution in [3.63, 3.8) is 0 Å². The van der Waals surface area contributed by atoms with Crippen LogP contribution in [0.2, 0.25) is 0 Å². The molecule has 32 heavy (non-hydrogen) atoms. The third kappa shape index (κ3) is 3.19. The van der Waals surface area contributed by atoms with Crippen LogP contribution in [-0.4, -0.2) is 28.4 Å². The molecule has 158 valence electrons. The van der Waals surface area contributed by atoms with Crippen LogP contribution in [0, 0.1) is 0 Å². The van der Waals surface area contributed by atoms with Gasteiger partial charge in [-0.15, -0.1) is 0 Å². The van der Waals surface area contributed by atoms with Crippen molar-refractivity contribution in [1.82, 2.24) is 9.88 Å². The summed E-state index contributed by atoms with van der Waals surface area (Å²) >= 11 is 0. The Hall–Kier alpha value is -3.79. The van der Waals surface area contributed by atoms with Crippen molar-refractivity contribution >= 4 is 22.9 Å². The lowest BCUT2D eigenvalue weighted by Crippen LogP contribution is -2.46. The second-order valence-corrected chi connectivity index (χ2v) is 8.50. The number of H-pyrrole nitrogens is 1. The highest BCUT2D eigenvalue weighted by atomic mass is 16.5. The fourth-order valence-corrected chi connectivity index (χ4v) is 5.12. The zero-order valence-corrected chi connectivity index (χ0v) is 17.7. The van der Waals surface area contributed by atoms with E-state index in [1.54, 1.807) is 6.08 Å². The number of aromatic amines is 1. The normalized spacial score (nSPS) is 19.7. The molecule has 1 unspecified atom stereocenters. The first kappa shape index (κ1) is 18.9. The molecule has 1 amide bonds. The summed E-state index contributed by atoms with van der Waals surface area (Å²) in [5.41, 5.74) is 5.75. The number of para-hydroxylation sites is 2. The molecule has 0 saturated carbocycles. The first-order valence-electron chi connectivity index (χ1n) is 11.2. The molecule has 0 radical (unpaired) electrons. The van der Waals surface area contributed by atoms with Crippen LogP contribution in [0.4, 0.5) is 0 Å². The maximum Gasteiger partial charge on any atom is 0.247 e. The topological polar surface area (TPSA) is 45.3 Å². The number of hydrogen-bond acceptors (Lipinski definition) is 2. The van der Waals surface area contributed by atoms with Gasteiger partial charge in [0, 0.05) is 35.6 Å². The number of nitrogens with one attached hydrogen (secondary N) is 1. The maximum atomic E-state index is 13.4. The molecule has 0 spiro atoms. The Morgan fingerprint density at radius 1 is 0.969 bits per heavy atom. The van der Waals surface area contributed by atoms with Gasteiger partial charge in [0.25, 0.3) is 0 Å². The zero-order valence-electron chi connectivity index (χ0n) is 17.7. The number of carbonyl (C=O) groups is 1. The SMILES string of the molecule is O=C(C=Cc1ccccc1)N1CCc2c([nH]c3ccccc23)C1[C@H]1Cc2ccccc2O1. The van der Waals surface area contributed by atoms with Crippen LogP contribution in [0.1, 0.15) is 28.4 Å². The number of amides is 1. The van der Waals surface area contributed by atoms with Gasteiger partial charge in [-0.1, -0.05) is 66.7 Å². The summed E-state index contributed by atoms with van der Waals surface area (Å²) in [5.74, 6) is 0.940. The number of ether oxygens (including phenoxy) is 1. The Morgan fingerprint density at radius 2 is 1.75 bits per heavy atom. The number of nitrogens with zero attached hydrogens (tertiary/aromatic N) is 1. The lowest BCUT2D eigenvalue weighted by Gasteiger charge is -2.38. The molecule has 0 fully saturated rings. The zero-order chi connectivity index (χ0) is 21.5. The highest BCUT2D eigenvalue weighted by Crippen LogP contribution is 2.42. The van der Waals surface area contributed by atoms with Crippen molar-refractivity contribution in [3.05, 3.63) is 107 Å². The van der Waals surface area contributed by atoms with Crippen molar-refractivity contribution in [3.8, 4) is 5.75 Å². The molecule has 4 heteroatoms. The number of rotatable bonds is 3. The summed E-state index contributed by atoms with van der Waals surface area (Å²) in [5, 5.41) is 1.25. The highest BCUT2D eigenvalue weighted by molar-refractivity contribution is 5.93. The predicted octanol–water partition coefficient (Wildman–Crippen LogP) is 5.31. The Bertz CT molecular complexity index is 1300. The largest absolute Gasteiger partial charge is 0.487 e.